The molecule has 1 fully saturated rings. The van der Waals surface area contributed by atoms with Gasteiger partial charge in [0.05, 0.1) is 0 Å². The normalized spacial score (nSPS) is 32.4. The summed E-state index contributed by atoms with van der Waals surface area (Å²) >= 11 is 0. The topological polar surface area (TPSA) is 26.0 Å². The van der Waals surface area contributed by atoms with Gasteiger partial charge in [0.2, 0.25) is 0 Å². The summed E-state index contributed by atoms with van der Waals surface area (Å²) in [6, 6.07) is 0.0438. The molecule has 0 radical (unpaired) electrons. The summed E-state index contributed by atoms with van der Waals surface area (Å²) in [5.74, 6) is 0.140. The minimum Gasteiger partial charge on any atom is -0.327 e. The van der Waals surface area contributed by atoms with Crippen molar-refractivity contribution in [2.75, 3.05) is 0 Å². The van der Waals surface area contributed by atoms with Crippen molar-refractivity contribution in [1.29, 1.82) is 0 Å². The second kappa shape index (κ2) is 2.42. The molecule has 0 bridgehead atoms. The third-order valence-corrected chi connectivity index (χ3v) is 1.78. The van der Waals surface area contributed by atoms with E-state index in [0.29, 0.717) is 0 Å². The predicted molar refractivity (Wildman–Crippen MR) is 31.4 cm³/mol. The van der Waals surface area contributed by atoms with Crippen LogP contribution in [0.3, 0.4) is 0 Å². The lowest BCUT2D eigenvalue weighted by molar-refractivity contribution is -0.136. The molecule has 1 aliphatic carbocycles. The molecule has 1 nitrogen and oxygen atoms in total. The minimum absolute atomic E-state index is 0.0438. The van der Waals surface area contributed by atoms with Crippen LogP contribution in [0.2, 0.25) is 0 Å². The fourth-order valence-corrected chi connectivity index (χ4v) is 0.952. The molecule has 0 aromatic carbocycles. The summed E-state index contributed by atoms with van der Waals surface area (Å²) in [6.45, 7) is 0. The van der Waals surface area contributed by atoms with Crippen LogP contribution >= 0.6 is 0 Å². The summed E-state index contributed by atoms with van der Waals surface area (Å²) in [6.07, 6.45) is -3.69. The Balaban J connectivity index is 2.06. The number of nitrogens with two attached hydrogens (primary N) is 1. The average Bonchev–Trinajstić information content (AvgIpc) is 2.40. The van der Waals surface area contributed by atoms with Crippen molar-refractivity contribution in [2.24, 2.45) is 11.7 Å². The molecule has 0 aliphatic heterocycles. The molecular formula is C6H10F3N. The van der Waals surface area contributed by atoms with Gasteiger partial charge in [-0.3, -0.25) is 0 Å². The van der Waals surface area contributed by atoms with Gasteiger partial charge >= 0.3 is 6.18 Å². The molecule has 0 heterocycles. The third-order valence-electron chi connectivity index (χ3n) is 1.78. The molecule has 60 valence electrons. The van der Waals surface area contributed by atoms with E-state index in [9.17, 15) is 13.2 Å². The lowest BCUT2D eigenvalue weighted by Gasteiger charge is -2.03. The Morgan fingerprint density at radius 2 is 1.90 bits per heavy atom. The highest BCUT2D eigenvalue weighted by molar-refractivity contribution is 4.89. The average molecular weight is 153 g/mol. The Bertz CT molecular complexity index is 121. The van der Waals surface area contributed by atoms with E-state index in [1.807, 2.05) is 0 Å². The van der Waals surface area contributed by atoms with Gasteiger partial charge in [-0.2, -0.15) is 13.2 Å². The minimum atomic E-state index is -4.00. The van der Waals surface area contributed by atoms with Gasteiger partial charge in [0.15, 0.2) is 0 Å². The highest BCUT2D eigenvalue weighted by Crippen LogP contribution is 2.36. The van der Waals surface area contributed by atoms with Crippen LogP contribution in [0.5, 0.6) is 0 Å². The van der Waals surface area contributed by atoms with Crippen LogP contribution in [0, 0.1) is 5.92 Å². The maximum Gasteiger partial charge on any atom is 0.389 e. The van der Waals surface area contributed by atoms with E-state index in [1.165, 1.54) is 0 Å². The van der Waals surface area contributed by atoms with Crippen molar-refractivity contribution in [2.45, 2.75) is 31.5 Å². The zero-order valence-corrected chi connectivity index (χ0v) is 5.49. The molecule has 1 saturated carbocycles. The van der Waals surface area contributed by atoms with Gasteiger partial charge in [0.25, 0.3) is 0 Å². The van der Waals surface area contributed by atoms with E-state index in [1.54, 1.807) is 0 Å². The van der Waals surface area contributed by atoms with E-state index in [0.717, 1.165) is 6.42 Å². The first-order valence-electron chi connectivity index (χ1n) is 3.31. The van der Waals surface area contributed by atoms with Gasteiger partial charge in [0, 0.05) is 12.5 Å². The maximum absolute atomic E-state index is 11.5. The summed E-state index contributed by atoms with van der Waals surface area (Å²) in [7, 11) is 0. The molecule has 0 spiro atoms. The number of alkyl halides is 3. The Labute approximate surface area is 57.4 Å². The van der Waals surface area contributed by atoms with E-state index in [-0.39, 0.29) is 18.4 Å². The van der Waals surface area contributed by atoms with Gasteiger partial charge < -0.3 is 5.73 Å². The Morgan fingerprint density at radius 1 is 1.40 bits per heavy atom. The fourth-order valence-electron chi connectivity index (χ4n) is 0.952. The molecule has 0 aromatic rings. The summed E-state index contributed by atoms with van der Waals surface area (Å²) in [5.41, 5.74) is 5.33. The second-order valence-electron chi connectivity index (χ2n) is 2.81. The van der Waals surface area contributed by atoms with E-state index < -0.39 is 12.6 Å². The zero-order chi connectivity index (χ0) is 7.78. The van der Waals surface area contributed by atoms with Gasteiger partial charge in [0.1, 0.15) is 0 Å². The van der Waals surface area contributed by atoms with Crippen LogP contribution < -0.4 is 5.73 Å². The molecular weight excluding hydrogens is 143 g/mol. The molecule has 2 atom stereocenters. The Hall–Kier alpha value is -0.250. The molecule has 1 aliphatic rings. The molecule has 0 amide bonds. The van der Waals surface area contributed by atoms with Crippen molar-refractivity contribution in [3.05, 3.63) is 0 Å². The highest BCUT2D eigenvalue weighted by atomic mass is 19.4. The second-order valence-corrected chi connectivity index (χ2v) is 2.81. The van der Waals surface area contributed by atoms with E-state index in [4.69, 9.17) is 5.73 Å². The van der Waals surface area contributed by atoms with Crippen LogP contribution in [0.25, 0.3) is 0 Å². The van der Waals surface area contributed by atoms with Crippen molar-refractivity contribution < 1.29 is 13.2 Å². The van der Waals surface area contributed by atoms with Gasteiger partial charge in [-0.05, 0) is 18.8 Å². The summed E-state index contributed by atoms with van der Waals surface area (Å²) in [5, 5.41) is 0. The largest absolute Gasteiger partial charge is 0.389 e. The number of hydrogen-bond acceptors (Lipinski definition) is 1. The van der Waals surface area contributed by atoms with Crippen molar-refractivity contribution in [3.63, 3.8) is 0 Å². The first-order chi connectivity index (χ1) is 4.49. The SMILES string of the molecule is N[C@@H]1C[C@H]1CCC(F)(F)F. The van der Waals surface area contributed by atoms with E-state index >= 15 is 0 Å². The lowest BCUT2D eigenvalue weighted by atomic mass is 10.2. The molecule has 0 unspecified atom stereocenters. The Morgan fingerprint density at radius 3 is 2.20 bits per heavy atom. The molecule has 1 rings (SSSR count). The zero-order valence-electron chi connectivity index (χ0n) is 5.49. The van der Waals surface area contributed by atoms with Crippen LogP contribution in [-0.4, -0.2) is 12.2 Å². The van der Waals surface area contributed by atoms with Crippen molar-refractivity contribution >= 4 is 0 Å². The van der Waals surface area contributed by atoms with E-state index in [2.05, 4.69) is 0 Å². The van der Waals surface area contributed by atoms with Crippen LogP contribution in [0.4, 0.5) is 13.2 Å². The monoisotopic (exact) mass is 153 g/mol. The van der Waals surface area contributed by atoms with Crippen molar-refractivity contribution in [3.8, 4) is 0 Å². The fraction of sp³-hybridized carbons (Fsp3) is 1.00. The predicted octanol–water partition coefficient (Wildman–Crippen LogP) is 1.68. The van der Waals surface area contributed by atoms with Gasteiger partial charge in [-0.25, -0.2) is 0 Å². The van der Waals surface area contributed by atoms with Gasteiger partial charge in [-0.15, -0.1) is 0 Å². The van der Waals surface area contributed by atoms with Crippen LogP contribution in [-0.2, 0) is 0 Å². The third kappa shape index (κ3) is 2.56. The number of rotatable bonds is 2. The smallest absolute Gasteiger partial charge is 0.327 e. The maximum atomic E-state index is 11.5. The molecule has 10 heavy (non-hydrogen) atoms. The van der Waals surface area contributed by atoms with Gasteiger partial charge in [-0.1, -0.05) is 0 Å². The molecule has 0 aromatic heterocycles. The first-order valence-corrected chi connectivity index (χ1v) is 3.31. The molecule has 2 N–H and O–H groups in total. The lowest BCUT2D eigenvalue weighted by Crippen LogP contribution is -2.09. The summed E-state index contributed by atoms with van der Waals surface area (Å²) in [4.78, 5) is 0. The Kier molecular flexibility index (Phi) is 1.90. The van der Waals surface area contributed by atoms with Crippen LogP contribution in [0.1, 0.15) is 19.3 Å². The highest BCUT2D eigenvalue weighted by Gasteiger charge is 2.37. The standard InChI is InChI=1S/C6H10F3N/c7-6(8,9)2-1-4-3-5(4)10/h4-5H,1-3,10H2/t4-,5-/m1/s1. The summed E-state index contributed by atoms with van der Waals surface area (Å²) < 4.78 is 34.6. The van der Waals surface area contributed by atoms with Crippen LogP contribution in [0.15, 0.2) is 0 Å². The number of hydrogen-bond donors (Lipinski definition) is 1. The quantitative estimate of drug-likeness (QED) is 0.641. The molecule has 0 saturated heterocycles. The molecule has 4 heteroatoms. The van der Waals surface area contributed by atoms with Crippen molar-refractivity contribution in [1.82, 2.24) is 0 Å². The first kappa shape index (κ1) is 7.85. The number of halogens is 3.